The molecule has 0 aromatic heterocycles. The minimum Gasteiger partial charge on any atom is -0.495 e. The molecule has 4 amide bonds. The standard InChI is InChI=1S/C61H86ClN5O14/c1-39-18-17-20-51(77-9)61(75)37-50(79-59(74)63-61)40(2)57-60(5,81-57)52(36-55(72)66(7)48-34-45(32-39)35-49(76-8)56(48)62)80-58(73)41(3)65(6)54(71)22-15-11-10-14-21-53(70)64-78-38-44-25-23-43(24-26-44)33-47(69)19-13-12-16-29-67-30-27-46(28-31-67)42(4)68/h17-18,20,23-26,34-35,40-41,46,50-52,57,75H,10-16,19,21-22,27-33,36-38H2,1-9H3,(H,63,74)(H,64,70)/b20-17+,39-18+/t40-,41+,50+,51-,52+,57+,60+,61+/m1/s1. The smallest absolute Gasteiger partial charge is 0.409 e. The number of hydroxylamine groups is 1. The van der Waals surface area contributed by atoms with Crippen molar-refractivity contribution >= 4 is 58.6 Å². The molecule has 0 spiro atoms. The molecular formula is C61H86ClN5O14. The van der Waals surface area contributed by atoms with Crippen molar-refractivity contribution in [2.75, 3.05) is 52.8 Å². The van der Waals surface area contributed by atoms with Crippen LogP contribution in [0.15, 0.2) is 60.2 Å². The molecule has 6 rings (SSSR count). The molecule has 3 saturated heterocycles. The van der Waals surface area contributed by atoms with Crippen LogP contribution < -0.4 is 20.4 Å². The van der Waals surface area contributed by atoms with Gasteiger partial charge in [-0.1, -0.05) is 85.9 Å². The first kappa shape index (κ1) is 64.5. The number of hydrogen-bond acceptors (Lipinski definition) is 15. The number of likely N-dealkylation sites (N-methyl/N-ethyl adjacent to an activating group) is 1. The van der Waals surface area contributed by atoms with Gasteiger partial charge in [0.25, 0.3) is 0 Å². The summed E-state index contributed by atoms with van der Waals surface area (Å²) in [5.41, 5.74) is 3.22. The van der Waals surface area contributed by atoms with Gasteiger partial charge in [-0.05, 0) is 121 Å². The highest BCUT2D eigenvalue weighted by atomic mass is 35.5. The summed E-state index contributed by atoms with van der Waals surface area (Å²) in [4.78, 5) is 102. The number of fused-ring (bicyclic) bond motifs is 5. The Hall–Kier alpha value is -5.70. The summed E-state index contributed by atoms with van der Waals surface area (Å²) >= 11 is 6.83. The first-order chi connectivity index (χ1) is 38.5. The van der Waals surface area contributed by atoms with Gasteiger partial charge in [-0.3, -0.25) is 34.1 Å². The number of hydrogen-bond donors (Lipinski definition) is 3. The Kier molecular flexibility index (Phi) is 23.9. The number of nitrogens with one attached hydrogen (secondary N) is 2. The number of ketones is 2. The van der Waals surface area contributed by atoms with E-state index >= 15 is 0 Å². The fraction of sp³-hybridized carbons (Fsp3) is 0.623. The number of piperidine rings is 1. The van der Waals surface area contributed by atoms with Crippen molar-refractivity contribution in [1.29, 1.82) is 0 Å². The number of aliphatic hydroxyl groups is 1. The molecule has 4 bridgehead atoms. The number of carbonyl (C=O) groups is 7. The average molecular weight is 1150 g/mol. The molecule has 446 valence electrons. The van der Waals surface area contributed by atoms with Gasteiger partial charge in [-0.15, -0.1) is 0 Å². The topological polar surface area (TPSA) is 232 Å². The predicted molar refractivity (Wildman–Crippen MR) is 305 cm³/mol. The summed E-state index contributed by atoms with van der Waals surface area (Å²) in [7, 11) is 5.99. The summed E-state index contributed by atoms with van der Waals surface area (Å²) in [6.45, 7) is 11.8. The maximum Gasteiger partial charge on any atom is 0.409 e. The molecule has 4 heterocycles. The number of unbranched alkanes of at least 4 members (excludes halogenated alkanes) is 5. The SMILES string of the molecule is COc1cc2cc(c1Cl)N(C)C(=O)C[C@H](OC(=O)[C@H](C)N(C)C(=O)CCCCCCC(=O)NOCc1ccc(CC(=O)CCCCCN3CCC(C(C)=O)CC3)cc1)[C@]1(C)O[C@H]1[C@H](C)[C@@H]1C[C@@](O)(NC(=O)O1)[C@H](OC)/C=C/C=C(\C)C2. The monoisotopic (exact) mass is 1150 g/mol. The van der Waals surface area contributed by atoms with E-state index in [0.29, 0.717) is 62.2 Å². The number of benzene rings is 2. The van der Waals surface area contributed by atoms with Gasteiger partial charge < -0.3 is 43.5 Å². The van der Waals surface area contributed by atoms with E-state index in [1.165, 1.54) is 31.1 Å². The van der Waals surface area contributed by atoms with Crippen molar-refractivity contribution in [2.45, 2.75) is 186 Å². The molecule has 81 heavy (non-hydrogen) atoms. The minimum atomic E-state index is -1.86. The van der Waals surface area contributed by atoms with Crippen LogP contribution in [0.4, 0.5) is 10.5 Å². The normalized spacial score (nSPS) is 25.9. The highest BCUT2D eigenvalue weighted by molar-refractivity contribution is 6.35. The first-order valence-corrected chi connectivity index (χ1v) is 29.0. The van der Waals surface area contributed by atoms with Gasteiger partial charge in [0, 0.05) is 65.1 Å². The molecule has 0 aliphatic carbocycles. The molecule has 3 N–H and O–H groups in total. The number of nitrogens with zero attached hydrogens (tertiary/aromatic N) is 3. The number of amides is 4. The number of anilines is 1. The van der Waals surface area contributed by atoms with Gasteiger partial charge >= 0.3 is 12.1 Å². The molecule has 20 heteroatoms. The Labute approximate surface area is 482 Å². The molecule has 3 fully saturated rings. The number of rotatable bonds is 24. The number of epoxide rings is 1. The molecule has 0 radical (unpaired) electrons. The Morgan fingerprint density at radius 3 is 2.31 bits per heavy atom. The zero-order valence-electron chi connectivity index (χ0n) is 48.9. The van der Waals surface area contributed by atoms with E-state index in [9.17, 15) is 38.7 Å². The second-order valence-corrected chi connectivity index (χ2v) is 23.1. The molecule has 0 unspecified atom stereocenters. The summed E-state index contributed by atoms with van der Waals surface area (Å²) in [5, 5.41) is 14.6. The lowest BCUT2D eigenvalue weighted by molar-refractivity contribution is -0.162. The fourth-order valence-corrected chi connectivity index (χ4v) is 11.3. The van der Waals surface area contributed by atoms with Crippen molar-refractivity contribution in [1.82, 2.24) is 20.6 Å². The Morgan fingerprint density at radius 2 is 1.63 bits per heavy atom. The molecule has 4 aliphatic heterocycles. The number of allylic oxidation sites excluding steroid dienone is 3. The van der Waals surface area contributed by atoms with Crippen LogP contribution in [0.3, 0.4) is 0 Å². The first-order valence-electron chi connectivity index (χ1n) is 28.6. The number of alkyl carbamates (subject to hydrolysis) is 1. The average Bonchev–Trinajstić information content (AvgIpc) is 4.23. The lowest BCUT2D eigenvalue weighted by Gasteiger charge is -2.42. The number of methoxy groups -OCH3 is 2. The van der Waals surface area contributed by atoms with E-state index in [4.69, 9.17) is 40.1 Å². The van der Waals surface area contributed by atoms with Gasteiger partial charge in [0.2, 0.25) is 17.7 Å². The molecule has 2 aromatic carbocycles. The number of likely N-dealkylation sites (tertiary alicyclic amines) is 1. The van der Waals surface area contributed by atoms with E-state index in [-0.39, 0.29) is 60.8 Å². The van der Waals surface area contributed by atoms with Crippen LogP contribution in [-0.2, 0) is 72.0 Å². The zero-order chi connectivity index (χ0) is 59.0. The van der Waals surface area contributed by atoms with Crippen LogP contribution in [0.5, 0.6) is 5.75 Å². The zero-order valence-corrected chi connectivity index (χ0v) is 49.6. The van der Waals surface area contributed by atoms with E-state index in [0.717, 1.165) is 74.0 Å². The number of carbonyl (C=O) groups excluding carboxylic acids is 7. The van der Waals surface area contributed by atoms with Crippen molar-refractivity contribution in [3.63, 3.8) is 0 Å². The van der Waals surface area contributed by atoms with Gasteiger partial charge in [0.15, 0.2) is 5.72 Å². The van der Waals surface area contributed by atoms with Gasteiger partial charge in [-0.25, -0.2) is 15.1 Å². The molecule has 8 atom stereocenters. The van der Waals surface area contributed by atoms with E-state index in [2.05, 4.69) is 15.7 Å². The maximum absolute atomic E-state index is 14.4. The van der Waals surface area contributed by atoms with E-state index in [1.807, 2.05) is 37.3 Å². The van der Waals surface area contributed by atoms with Crippen LogP contribution >= 0.6 is 11.6 Å². The van der Waals surface area contributed by atoms with Crippen LogP contribution in [0, 0.1) is 11.8 Å². The molecule has 19 nitrogen and oxygen atoms in total. The third kappa shape index (κ3) is 18.1. The van der Waals surface area contributed by atoms with Gasteiger partial charge in [-0.2, -0.15) is 0 Å². The second kappa shape index (κ2) is 30.0. The largest absolute Gasteiger partial charge is 0.495 e. The lowest BCUT2D eigenvalue weighted by atomic mass is 9.83. The summed E-state index contributed by atoms with van der Waals surface area (Å²) in [6, 6.07) is 10.1. The number of halogens is 1. The van der Waals surface area contributed by atoms with Crippen LogP contribution in [0.2, 0.25) is 5.02 Å². The van der Waals surface area contributed by atoms with Crippen LogP contribution in [-0.4, -0.2) is 146 Å². The summed E-state index contributed by atoms with van der Waals surface area (Å²) in [6.07, 6.45) is 9.23. The number of Topliss-reactive ketones (excluding diaryl/α,β-unsaturated/α-hetero) is 2. The summed E-state index contributed by atoms with van der Waals surface area (Å²) < 4.78 is 29.5. The highest BCUT2D eigenvalue weighted by Gasteiger charge is 2.64. The Balaban J connectivity index is 0.942. The highest BCUT2D eigenvalue weighted by Crippen LogP contribution is 2.49. The van der Waals surface area contributed by atoms with Gasteiger partial charge in [0.1, 0.15) is 52.3 Å². The fourth-order valence-electron chi connectivity index (χ4n) is 11.0. The van der Waals surface area contributed by atoms with Crippen molar-refractivity contribution in [3.8, 4) is 5.75 Å². The molecule has 2 aromatic rings. The third-order valence-electron chi connectivity index (χ3n) is 16.5. The van der Waals surface area contributed by atoms with Crippen molar-refractivity contribution in [3.05, 3.63) is 81.9 Å². The quantitative estimate of drug-likeness (QED) is 0.0390. The molecule has 0 saturated carbocycles. The van der Waals surface area contributed by atoms with E-state index in [1.54, 1.807) is 59.0 Å². The lowest BCUT2D eigenvalue weighted by Crippen LogP contribution is -2.63. The Morgan fingerprint density at radius 1 is 0.963 bits per heavy atom. The van der Waals surface area contributed by atoms with Crippen LogP contribution in [0.1, 0.15) is 141 Å². The van der Waals surface area contributed by atoms with Crippen molar-refractivity contribution < 1.29 is 67.2 Å². The van der Waals surface area contributed by atoms with Crippen molar-refractivity contribution in [2.24, 2.45) is 11.8 Å². The molecular weight excluding hydrogens is 1060 g/mol. The maximum atomic E-state index is 14.4. The Bertz CT molecular complexity index is 2590. The van der Waals surface area contributed by atoms with Gasteiger partial charge in [0.05, 0.1) is 31.9 Å². The summed E-state index contributed by atoms with van der Waals surface area (Å²) in [5.74, 6) is -1.27. The van der Waals surface area contributed by atoms with Crippen LogP contribution in [0.25, 0.3) is 0 Å². The molecule has 4 aliphatic rings. The van der Waals surface area contributed by atoms with E-state index < -0.39 is 65.7 Å². The predicted octanol–water partition coefficient (Wildman–Crippen LogP) is 8.08. The minimum absolute atomic E-state index is 0.0797. The third-order valence-corrected chi connectivity index (χ3v) is 16.9. The second-order valence-electron chi connectivity index (χ2n) is 22.7. The number of esters is 1. The number of ether oxygens (including phenoxy) is 5.